The van der Waals surface area contributed by atoms with Crippen molar-refractivity contribution >= 4 is 16.9 Å². The number of amidine groups is 1. The lowest BCUT2D eigenvalue weighted by Gasteiger charge is -2.26. The molecule has 2 nitrogen and oxygen atoms in total. The van der Waals surface area contributed by atoms with Crippen molar-refractivity contribution in [2.24, 2.45) is 22.7 Å². The van der Waals surface area contributed by atoms with Crippen LogP contribution in [0, 0.1) is 17.8 Å². The van der Waals surface area contributed by atoms with E-state index >= 15 is 0 Å². The second-order valence-electron chi connectivity index (χ2n) is 6.25. The fourth-order valence-electron chi connectivity index (χ4n) is 2.90. The number of rotatable bonds is 4. The van der Waals surface area contributed by atoms with E-state index in [4.69, 9.17) is 4.99 Å². The Morgan fingerprint density at radius 3 is 2.44 bits per heavy atom. The lowest BCUT2D eigenvalue weighted by atomic mass is 9.81. The number of hydrogen-bond donors (Lipinski definition) is 1. The molecule has 18 heavy (non-hydrogen) atoms. The smallest absolute Gasteiger partial charge is 0.156 e. The lowest BCUT2D eigenvalue weighted by Crippen LogP contribution is -2.32. The van der Waals surface area contributed by atoms with Crippen molar-refractivity contribution in [3.8, 4) is 0 Å². The normalized spacial score (nSPS) is 35.1. The Morgan fingerprint density at radius 2 is 1.89 bits per heavy atom. The number of hydrogen-bond acceptors (Lipinski definition) is 2. The molecule has 3 heteroatoms. The van der Waals surface area contributed by atoms with Gasteiger partial charge >= 0.3 is 0 Å². The van der Waals surface area contributed by atoms with Crippen LogP contribution in [-0.2, 0) is 0 Å². The fraction of sp³-hybridized carbons (Fsp3) is 0.933. The van der Waals surface area contributed by atoms with Crippen molar-refractivity contribution in [1.29, 1.82) is 0 Å². The van der Waals surface area contributed by atoms with Gasteiger partial charge in [-0.2, -0.15) is 0 Å². The molecule has 1 N–H and O–H groups in total. The van der Waals surface area contributed by atoms with Crippen LogP contribution >= 0.6 is 11.8 Å². The van der Waals surface area contributed by atoms with Crippen LogP contribution in [-0.4, -0.2) is 23.5 Å². The van der Waals surface area contributed by atoms with Crippen molar-refractivity contribution < 1.29 is 0 Å². The molecule has 2 rings (SSSR count). The molecule has 0 bridgehead atoms. The van der Waals surface area contributed by atoms with Gasteiger partial charge in [0, 0.05) is 18.3 Å². The fourth-order valence-corrected chi connectivity index (χ4v) is 4.10. The van der Waals surface area contributed by atoms with Gasteiger partial charge in [0.25, 0.3) is 0 Å². The van der Waals surface area contributed by atoms with Crippen molar-refractivity contribution in [1.82, 2.24) is 5.32 Å². The molecule has 0 spiro atoms. The Bertz CT molecular complexity index is 280. The van der Waals surface area contributed by atoms with Crippen LogP contribution in [0.5, 0.6) is 0 Å². The van der Waals surface area contributed by atoms with E-state index in [9.17, 15) is 0 Å². The van der Waals surface area contributed by atoms with E-state index in [1.165, 1.54) is 43.0 Å². The Kier molecular flexibility index (Phi) is 5.40. The second kappa shape index (κ2) is 6.83. The van der Waals surface area contributed by atoms with E-state index in [1.807, 2.05) is 11.8 Å². The van der Waals surface area contributed by atoms with E-state index in [2.05, 4.69) is 26.1 Å². The van der Waals surface area contributed by atoms with E-state index in [-0.39, 0.29) is 0 Å². The molecule has 1 aliphatic heterocycles. The molecule has 0 unspecified atom stereocenters. The first-order valence-corrected chi connectivity index (χ1v) is 8.61. The maximum Gasteiger partial charge on any atom is 0.156 e. The summed E-state index contributed by atoms with van der Waals surface area (Å²) in [5.74, 6) is 3.75. The van der Waals surface area contributed by atoms with Crippen molar-refractivity contribution in [3.05, 3.63) is 0 Å². The van der Waals surface area contributed by atoms with Gasteiger partial charge in [0.05, 0.1) is 0 Å². The number of nitrogens with zero attached hydrogens (tertiary/aromatic N) is 1. The van der Waals surface area contributed by atoms with Crippen molar-refractivity contribution in [2.45, 2.75) is 58.9 Å². The molecule has 1 atom stereocenters. The predicted octanol–water partition coefficient (Wildman–Crippen LogP) is 3.92. The Balaban J connectivity index is 1.72. The van der Waals surface area contributed by atoms with Crippen LogP contribution in [0.3, 0.4) is 0 Å². The molecule has 2 fully saturated rings. The highest BCUT2D eigenvalue weighted by molar-refractivity contribution is 8.14. The van der Waals surface area contributed by atoms with Gasteiger partial charge in [0.1, 0.15) is 0 Å². The SMILES string of the molecule is CCC1CCC(CN=C2N[C@@H](C(C)C)CS2)CC1. The maximum atomic E-state index is 4.80. The van der Waals surface area contributed by atoms with Gasteiger partial charge in [0.15, 0.2) is 5.17 Å². The minimum Gasteiger partial charge on any atom is -0.361 e. The third-order valence-electron chi connectivity index (χ3n) is 4.55. The summed E-state index contributed by atoms with van der Waals surface area (Å²) in [4.78, 5) is 4.80. The van der Waals surface area contributed by atoms with Gasteiger partial charge in [0.2, 0.25) is 0 Å². The predicted molar refractivity (Wildman–Crippen MR) is 82.3 cm³/mol. The molecule has 1 saturated carbocycles. The van der Waals surface area contributed by atoms with Crippen LogP contribution in [0.1, 0.15) is 52.9 Å². The Labute approximate surface area is 116 Å². The number of nitrogens with one attached hydrogen (secondary N) is 1. The highest BCUT2D eigenvalue weighted by Crippen LogP contribution is 2.31. The summed E-state index contributed by atoms with van der Waals surface area (Å²) >= 11 is 1.91. The average molecular weight is 268 g/mol. The summed E-state index contributed by atoms with van der Waals surface area (Å²) in [5, 5.41) is 4.76. The van der Waals surface area contributed by atoms with E-state index in [1.54, 1.807) is 0 Å². The second-order valence-corrected chi connectivity index (χ2v) is 7.26. The molecule has 0 radical (unpaired) electrons. The van der Waals surface area contributed by atoms with Crippen molar-refractivity contribution in [2.75, 3.05) is 12.3 Å². The summed E-state index contributed by atoms with van der Waals surface area (Å²) < 4.78 is 0. The summed E-state index contributed by atoms with van der Waals surface area (Å²) in [6.45, 7) is 7.95. The minimum absolute atomic E-state index is 0.629. The van der Waals surface area contributed by atoms with Gasteiger partial charge in [-0.25, -0.2) is 0 Å². The van der Waals surface area contributed by atoms with Crippen molar-refractivity contribution in [3.63, 3.8) is 0 Å². The van der Waals surface area contributed by atoms with Gasteiger partial charge in [-0.05, 0) is 30.6 Å². The molecule has 0 aromatic heterocycles. The monoisotopic (exact) mass is 268 g/mol. The third kappa shape index (κ3) is 3.91. The highest BCUT2D eigenvalue weighted by Gasteiger charge is 2.24. The van der Waals surface area contributed by atoms with Gasteiger partial charge in [-0.1, -0.05) is 51.8 Å². The molecule has 104 valence electrons. The Hall–Kier alpha value is -0.180. The van der Waals surface area contributed by atoms with Gasteiger partial charge < -0.3 is 5.32 Å². The zero-order valence-electron chi connectivity index (χ0n) is 12.1. The molecule has 2 aliphatic rings. The van der Waals surface area contributed by atoms with Crippen LogP contribution < -0.4 is 5.32 Å². The zero-order valence-corrected chi connectivity index (χ0v) is 12.9. The van der Waals surface area contributed by atoms with E-state index in [0.717, 1.165) is 18.4 Å². The van der Waals surface area contributed by atoms with Crippen LogP contribution in [0.15, 0.2) is 4.99 Å². The summed E-state index contributed by atoms with van der Waals surface area (Å²) in [6, 6.07) is 0.629. The zero-order chi connectivity index (χ0) is 13.0. The van der Waals surface area contributed by atoms with Gasteiger partial charge in [-0.3, -0.25) is 4.99 Å². The highest BCUT2D eigenvalue weighted by atomic mass is 32.2. The topological polar surface area (TPSA) is 24.4 Å². The first kappa shape index (κ1) is 14.2. The number of thioether (sulfide) groups is 1. The molecule has 1 heterocycles. The van der Waals surface area contributed by atoms with Crippen LogP contribution in [0.2, 0.25) is 0 Å². The van der Waals surface area contributed by atoms with Crippen LogP contribution in [0.25, 0.3) is 0 Å². The first-order chi connectivity index (χ1) is 8.69. The van der Waals surface area contributed by atoms with Gasteiger partial charge in [-0.15, -0.1) is 0 Å². The van der Waals surface area contributed by atoms with E-state index < -0.39 is 0 Å². The molecular weight excluding hydrogens is 240 g/mol. The average Bonchev–Trinajstić information content (AvgIpc) is 2.86. The molecule has 0 aromatic rings. The quantitative estimate of drug-likeness (QED) is 0.835. The van der Waals surface area contributed by atoms with E-state index in [0.29, 0.717) is 12.0 Å². The Morgan fingerprint density at radius 1 is 1.22 bits per heavy atom. The van der Waals surface area contributed by atoms with Crippen LogP contribution in [0.4, 0.5) is 0 Å². The summed E-state index contributed by atoms with van der Waals surface area (Å²) in [7, 11) is 0. The summed E-state index contributed by atoms with van der Waals surface area (Å²) in [6.07, 6.45) is 7.03. The maximum absolute atomic E-state index is 4.80. The first-order valence-electron chi connectivity index (χ1n) is 7.62. The standard InChI is InChI=1S/C15H28N2S/c1-4-12-5-7-13(8-6-12)9-16-15-17-14(10-18-15)11(2)3/h11-14H,4-10H2,1-3H3,(H,16,17)/t12?,13?,14-/m1/s1. The molecule has 0 aromatic carbocycles. The number of aliphatic imine (C=N–C) groups is 1. The largest absolute Gasteiger partial charge is 0.361 e. The molecule has 0 amide bonds. The molecular formula is C15H28N2S. The molecule has 1 saturated heterocycles. The summed E-state index contributed by atoms with van der Waals surface area (Å²) in [5.41, 5.74) is 0. The third-order valence-corrected chi connectivity index (χ3v) is 5.60. The molecule has 1 aliphatic carbocycles. The lowest BCUT2D eigenvalue weighted by molar-refractivity contribution is 0.274. The minimum atomic E-state index is 0.629.